The quantitative estimate of drug-likeness (QED) is 0.190. The molecule has 0 unspecified atom stereocenters. The number of rotatable bonds is 4. The van der Waals surface area contributed by atoms with Crippen molar-refractivity contribution in [1.29, 1.82) is 0 Å². The topological polar surface area (TPSA) is 16.4 Å². The van der Waals surface area contributed by atoms with Gasteiger partial charge in [0.15, 0.2) is 0 Å². The first-order valence-corrected chi connectivity index (χ1v) is 17.6. The molecule has 0 fully saturated rings. The van der Waals surface area contributed by atoms with Crippen LogP contribution in [0.1, 0.15) is 49.9 Å². The number of hydrogen-bond acceptors (Lipinski definition) is 2. The lowest BCUT2D eigenvalue weighted by Gasteiger charge is -2.30. The summed E-state index contributed by atoms with van der Waals surface area (Å²) in [5, 5.41) is 2.27. The average molecular weight is 644 g/mol. The molecule has 0 amide bonds. The first kappa shape index (κ1) is 29.1. The highest BCUT2D eigenvalue weighted by Gasteiger charge is 2.37. The highest BCUT2D eigenvalue weighted by Crippen LogP contribution is 2.53. The van der Waals surface area contributed by atoms with Crippen molar-refractivity contribution in [1.82, 2.24) is 0 Å². The molecular weight excluding hydrogens is 607 g/mol. The Morgan fingerprint density at radius 2 is 0.960 bits per heavy atom. The summed E-state index contributed by atoms with van der Waals surface area (Å²) in [7, 11) is 0. The molecule has 2 heteroatoms. The predicted octanol–water partition coefficient (Wildman–Crippen LogP) is 13.3. The minimum absolute atomic E-state index is 0.0562. The maximum absolute atomic E-state index is 6.23. The van der Waals surface area contributed by atoms with Gasteiger partial charge in [0.2, 0.25) is 0 Å². The molecule has 2 aliphatic rings. The largest absolute Gasteiger partial charge is 0.456 e. The minimum Gasteiger partial charge on any atom is -0.456 e. The van der Waals surface area contributed by atoms with E-state index in [1.807, 2.05) is 12.1 Å². The molecule has 0 saturated carbocycles. The fourth-order valence-corrected chi connectivity index (χ4v) is 8.91. The van der Waals surface area contributed by atoms with Crippen molar-refractivity contribution < 1.29 is 4.42 Å². The summed E-state index contributed by atoms with van der Waals surface area (Å²) < 4.78 is 6.23. The summed E-state index contributed by atoms with van der Waals surface area (Å²) >= 11 is 0. The number of fused-ring (bicyclic) bond motifs is 9. The monoisotopic (exact) mass is 643 g/mol. The van der Waals surface area contributed by atoms with Crippen molar-refractivity contribution in [3.63, 3.8) is 0 Å². The molecule has 0 spiro atoms. The van der Waals surface area contributed by atoms with Crippen LogP contribution in [0.4, 0.5) is 17.1 Å². The van der Waals surface area contributed by atoms with Crippen LogP contribution < -0.4 is 4.90 Å². The molecule has 7 aromatic carbocycles. The maximum Gasteiger partial charge on any atom is 0.135 e. The molecule has 0 saturated heterocycles. The van der Waals surface area contributed by atoms with E-state index in [0.717, 1.165) is 44.6 Å². The van der Waals surface area contributed by atoms with Crippen LogP contribution in [0.3, 0.4) is 0 Å². The van der Waals surface area contributed by atoms with Crippen LogP contribution in [0, 0.1) is 0 Å². The van der Waals surface area contributed by atoms with Gasteiger partial charge < -0.3 is 9.32 Å². The molecule has 2 aliphatic carbocycles. The lowest BCUT2D eigenvalue weighted by atomic mass is 9.82. The van der Waals surface area contributed by atoms with Crippen molar-refractivity contribution in [2.24, 2.45) is 0 Å². The summed E-state index contributed by atoms with van der Waals surface area (Å²) in [6.45, 7) is 9.41. The number of benzene rings is 7. The van der Waals surface area contributed by atoms with Crippen LogP contribution in [-0.2, 0) is 10.8 Å². The first-order valence-electron chi connectivity index (χ1n) is 17.6. The standard InChI is InChI=1S/C48H37NO/c1-47(2)41-18-10-6-15-35(41)38-28-31(23-25-42(38)47)49(32-22-24-36-34-14-5-9-17-40(34)48(3,4)43(36)29-32)44-19-11-7-13-33(44)30-21-26-46-39(27-30)37-16-8-12-20-45(37)50-46/h5-29H,1-4H3. The fourth-order valence-electron chi connectivity index (χ4n) is 8.91. The Labute approximate surface area is 293 Å². The van der Waals surface area contributed by atoms with Crippen molar-refractivity contribution >= 4 is 39.0 Å². The van der Waals surface area contributed by atoms with E-state index in [9.17, 15) is 0 Å². The van der Waals surface area contributed by atoms with Crippen LogP contribution in [0.5, 0.6) is 0 Å². The molecule has 0 N–H and O–H groups in total. The van der Waals surface area contributed by atoms with Crippen LogP contribution in [0.15, 0.2) is 156 Å². The highest BCUT2D eigenvalue weighted by atomic mass is 16.3. The molecule has 8 aromatic rings. The van der Waals surface area contributed by atoms with Gasteiger partial charge in [-0.15, -0.1) is 0 Å². The summed E-state index contributed by atoms with van der Waals surface area (Å²) in [6, 6.07) is 55.7. The summed E-state index contributed by atoms with van der Waals surface area (Å²) in [4.78, 5) is 2.47. The van der Waals surface area contributed by atoms with Gasteiger partial charge in [-0.3, -0.25) is 0 Å². The molecule has 240 valence electrons. The fraction of sp³-hybridized carbons (Fsp3) is 0.125. The number of nitrogens with zero attached hydrogens (tertiary/aromatic N) is 1. The van der Waals surface area contributed by atoms with Crippen LogP contribution in [0.2, 0.25) is 0 Å². The molecule has 0 aliphatic heterocycles. The van der Waals surface area contributed by atoms with Crippen molar-refractivity contribution in [3.05, 3.63) is 174 Å². The van der Waals surface area contributed by atoms with Crippen LogP contribution in [-0.4, -0.2) is 0 Å². The van der Waals surface area contributed by atoms with Gasteiger partial charge in [-0.25, -0.2) is 0 Å². The van der Waals surface area contributed by atoms with Gasteiger partial charge in [0.25, 0.3) is 0 Å². The Bertz CT molecular complexity index is 2670. The molecule has 0 atom stereocenters. The summed E-state index contributed by atoms with van der Waals surface area (Å²) in [6.07, 6.45) is 0. The van der Waals surface area contributed by atoms with E-state index in [1.165, 1.54) is 50.1 Å². The van der Waals surface area contributed by atoms with E-state index in [1.54, 1.807) is 0 Å². The SMILES string of the molecule is CC1(C)c2ccccc2-c2cc(N(c3ccc4c(c3)C(C)(C)c3ccccc3-4)c3ccccc3-c3ccc4oc5ccccc5c4c3)ccc21. The Morgan fingerprint density at radius 1 is 0.400 bits per heavy atom. The molecule has 2 nitrogen and oxygen atoms in total. The zero-order valence-electron chi connectivity index (χ0n) is 28.8. The van der Waals surface area contributed by atoms with E-state index in [4.69, 9.17) is 4.42 Å². The van der Waals surface area contributed by atoms with Crippen molar-refractivity contribution in [3.8, 4) is 33.4 Å². The minimum atomic E-state index is -0.110. The van der Waals surface area contributed by atoms with Gasteiger partial charge in [0.05, 0.1) is 5.69 Å². The van der Waals surface area contributed by atoms with E-state index in [0.29, 0.717) is 0 Å². The van der Waals surface area contributed by atoms with Crippen LogP contribution >= 0.6 is 0 Å². The summed E-state index contributed by atoms with van der Waals surface area (Å²) in [5.74, 6) is 0. The maximum atomic E-state index is 6.23. The number of furan rings is 1. The Kier molecular flexibility index (Phi) is 6.01. The molecular formula is C48H37NO. The molecule has 0 radical (unpaired) electrons. The number of hydrogen-bond donors (Lipinski definition) is 0. The normalized spacial score (nSPS) is 14.7. The third-order valence-electron chi connectivity index (χ3n) is 11.5. The molecule has 1 heterocycles. The molecule has 0 bridgehead atoms. The Balaban J connectivity index is 1.21. The average Bonchev–Trinajstić information content (AvgIpc) is 3.71. The van der Waals surface area contributed by atoms with E-state index >= 15 is 0 Å². The zero-order chi connectivity index (χ0) is 33.8. The van der Waals surface area contributed by atoms with Crippen molar-refractivity contribution in [2.75, 3.05) is 4.90 Å². The summed E-state index contributed by atoms with van der Waals surface area (Å²) in [5.41, 5.74) is 18.2. The van der Waals surface area contributed by atoms with Crippen molar-refractivity contribution in [2.45, 2.75) is 38.5 Å². The van der Waals surface area contributed by atoms with E-state index < -0.39 is 0 Å². The highest BCUT2D eigenvalue weighted by molar-refractivity contribution is 6.07. The number of anilines is 3. The lowest BCUT2D eigenvalue weighted by Crippen LogP contribution is -2.17. The third kappa shape index (κ3) is 4.02. The third-order valence-corrected chi connectivity index (χ3v) is 11.5. The van der Waals surface area contributed by atoms with E-state index in [2.05, 4.69) is 172 Å². The van der Waals surface area contributed by atoms with Gasteiger partial charge in [-0.1, -0.05) is 131 Å². The van der Waals surface area contributed by atoms with Gasteiger partial charge in [0, 0.05) is 38.5 Å². The van der Waals surface area contributed by atoms with E-state index in [-0.39, 0.29) is 10.8 Å². The van der Waals surface area contributed by atoms with Gasteiger partial charge in [-0.05, 0) is 98.6 Å². The second kappa shape index (κ2) is 10.3. The van der Waals surface area contributed by atoms with Gasteiger partial charge >= 0.3 is 0 Å². The predicted molar refractivity (Wildman–Crippen MR) is 209 cm³/mol. The van der Waals surface area contributed by atoms with Gasteiger partial charge in [0.1, 0.15) is 11.2 Å². The Hall–Kier alpha value is -5.86. The van der Waals surface area contributed by atoms with Crippen LogP contribution in [0.25, 0.3) is 55.3 Å². The zero-order valence-corrected chi connectivity index (χ0v) is 28.8. The smallest absolute Gasteiger partial charge is 0.135 e. The number of para-hydroxylation sites is 2. The second-order valence-corrected chi connectivity index (χ2v) is 15.0. The molecule has 10 rings (SSSR count). The lowest BCUT2D eigenvalue weighted by molar-refractivity contribution is 0.660. The second-order valence-electron chi connectivity index (χ2n) is 15.0. The Morgan fingerprint density at radius 3 is 1.76 bits per heavy atom. The molecule has 1 aromatic heterocycles. The molecule has 50 heavy (non-hydrogen) atoms. The first-order chi connectivity index (χ1) is 24.3. The van der Waals surface area contributed by atoms with Gasteiger partial charge in [-0.2, -0.15) is 0 Å².